The third-order valence-corrected chi connectivity index (χ3v) is 3.20. The van der Waals surface area contributed by atoms with Gasteiger partial charge in [0.05, 0.1) is 5.57 Å². The zero-order valence-electron chi connectivity index (χ0n) is 10.9. The van der Waals surface area contributed by atoms with E-state index in [0.29, 0.717) is 11.3 Å². The topological polar surface area (TPSA) is 41.5 Å². The molecule has 20 heavy (non-hydrogen) atoms. The molecule has 0 atom stereocenters. The van der Waals surface area contributed by atoms with Gasteiger partial charge in [0.1, 0.15) is 5.71 Å². The summed E-state index contributed by atoms with van der Waals surface area (Å²) in [6.07, 6.45) is 2.65. The summed E-state index contributed by atoms with van der Waals surface area (Å²) in [5, 5.41) is 4.13. The Morgan fingerprint density at radius 3 is 2.30 bits per heavy atom. The van der Waals surface area contributed by atoms with Crippen molar-refractivity contribution in [1.82, 2.24) is 5.43 Å². The fraction of sp³-hybridized carbons (Fsp3) is 0.0588. The van der Waals surface area contributed by atoms with E-state index in [1.165, 1.54) is 5.56 Å². The molecule has 2 aromatic carbocycles. The van der Waals surface area contributed by atoms with Gasteiger partial charge in [-0.25, -0.2) is 5.43 Å². The van der Waals surface area contributed by atoms with Gasteiger partial charge in [-0.3, -0.25) is 4.79 Å². The van der Waals surface area contributed by atoms with Crippen LogP contribution in [0.1, 0.15) is 11.1 Å². The molecule has 3 nitrogen and oxygen atoms in total. The van der Waals surface area contributed by atoms with Gasteiger partial charge in [0.25, 0.3) is 5.91 Å². The molecule has 0 bridgehead atoms. The summed E-state index contributed by atoms with van der Waals surface area (Å²) in [7, 11) is 0. The number of benzene rings is 2. The van der Waals surface area contributed by atoms with Gasteiger partial charge in [-0.05, 0) is 12.0 Å². The predicted octanol–water partition coefficient (Wildman–Crippen LogP) is 2.69. The molecule has 0 spiro atoms. The van der Waals surface area contributed by atoms with Crippen LogP contribution in [0.2, 0.25) is 0 Å². The van der Waals surface area contributed by atoms with Gasteiger partial charge in [-0.2, -0.15) is 5.10 Å². The van der Waals surface area contributed by atoms with Crippen LogP contribution < -0.4 is 5.43 Å². The van der Waals surface area contributed by atoms with E-state index >= 15 is 0 Å². The lowest BCUT2D eigenvalue weighted by atomic mass is 10.0. The molecule has 2 aromatic rings. The van der Waals surface area contributed by atoms with E-state index in [-0.39, 0.29) is 5.91 Å². The fourth-order valence-corrected chi connectivity index (χ4v) is 2.17. The number of hydrogen-bond donors (Lipinski definition) is 1. The second kappa shape index (κ2) is 5.53. The van der Waals surface area contributed by atoms with E-state index in [4.69, 9.17) is 0 Å². The highest BCUT2D eigenvalue weighted by Crippen LogP contribution is 2.15. The lowest BCUT2D eigenvalue weighted by Gasteiger charge is -2.02. The van der Waals surface area contributed by atoms with E-state index in [0.717, 1.165) is 12.0 Å². The standard InChI is InChI=1S/C17H14N2O/c20-17-15(12-11-13-7-3-1-4-8-13)16(18-19-17)14-9-5-2-6-10-14/h1-10,12H,11H2,(H,19,20). The van der Waals surface area contributed by atoms with Crippen LogP contribution in [0, 0.1) is 0 Å². The summed E-state index contributed by atoms with van der Waals surface area (Å²) in [4.78, 5) is 11.9. The minimum Gasteiger partial charge on any atom is -0.267 e. The summed E-state index contributed by atoms with van der Waals surface area (Å²) in [6.45, 7) is 0. The average molecular weight is 262 g/mol. The molecule has 3 rings (SSSR count). The first kappa shape index (κ1) is 12.4. The molecule has 98 valence electrons. The van der Waals surface area contributed by atoms with Crippen molar-refractivity contribution in [1.29, 1.82) is 0 Å². The Hall–Kier alpha value is -2.68. The lowest BCUT2D eigenvalue weighted by molar-refractivity contribution is -0.116. The Balaban J connectivity index is 1.87. The van der Waals surface area contributed by atoms with E-state index in [1.807, 2.05) is 66.7 Å². The van der Waals surface area contributed by atoms with Crippen molar-refractivity contribution in [3.05, 3.63) is 83.4 Å². The average Bonchev–Trinajstić information content (AvgIpc) is 2.88. The first-order valence-corrected chi connectivity index (χ1v) is 6.52. The number of hydrogen-bond acceptors (Lipinski definition) is 2. The lowest BCUT2D eigenvalue weighted by Crippen LogP contribution is -2.14. The first-order valence-electron chi connectivity index (χ1n) is 6.52. The van der Waals surface area contributed by atoms with Crippen molar-refractivity contribution >= 4 is 11.6 Å². The molecule has 0 saturated carbocycles. The molecule has 1 aliphatic rings. The van der Waals surface area contributed by atoms with Gasteiger partial charge in [0.2, 0.25) is 0 Å². The van der Waals surface area contributed by atoms with E-state index in [9.17, 15) is 4.79 Å². The van der Waals surface area contributed by atoms with Crippen LogP contribution >= 0.6 is 0 Å². The van der Waals surface area contributed by atoms with Gasteiger partial charge in [-0.1, -0.05) is 66.7 Å². The van der Waals surface area contributed by atoms with Gasteiger partial charge in [0, 0.05) is 5.56 Å². The number of allylic oxidation sites excluding steroid dienone is 1. The highest BCUT2D eigenvalue weighted by molar-refractivity contribution is 6.30. The normalized spacial score (nSPS) is 16.1. The van der Waals surface area contributed by atoms with Crippen LogP contribution in [0.5, 0.6) is 0 Å². The second-order valence-corrected chi connectivity index (χ2v) is 4.57. The van der Waals surface area contributed by atoms with Crippen molar-refractivity contribution in [2.75, 3.05) is 0 Å². The fourth-order valence-electron chi connectivity index (χ4n) is 2.17. The van der Waals surface area contributed by atoms with Gasteiger partial charge < -0.3 is 0 Å². The Bertz CT molecular complexity index is 673. The Morgan fingerprint density at radius 2 is 1.60 bits per heavy atom. The van der Waals surface area contributed by atoms with Crippen molar-refractivity contribution in [3.63, 3.8) is 0 Å². The molecular weight excluding hydrogens is 248 g/mol. The zero-order valence-corrected chi connectivity index (χ0v) is 10.9. The predicted molar refractivity (Wildman–Crippen MR) is 79.4 cm³/mol. The van der Waals surface area contributed by atoms with Crippen molar-refractivity contribution in [2.24, 2.45) is 5.10 Å². The van der Waals surface area contributed by atoms with Crippen LogP contribution in [0.15, 0.2) is 77.4 Å². The molecule has 0 aliphatic carbocycles. The number of nitrogens with zero attached hydrogens (tertiary/aromatic N) is 1. The number of nitrogens with one attached hydrogen (secondary N) is 1. The third kappa shape index (κ3) is 2.52. The smallest absolute Gasteiger partial charge is 0.267 e. The quantitative estimate of drug-likeness (QED) is 0.849. The molecule has 0 aromatic heterocycles. The molecule has 1 amide bonds. The highest BCUT2D eigenvalue weighted by atomic mass is 16.2. The molecule has 1 aliphatic heterocycles. The first-order chi connectivity index (χ1) is 9.84. The monoisotopic (exact) mass is 262 g/mol. The van der Waals surface area contributed by atoms with Crippen LogP contribution in [0.3, 0.4) is 0 Å². The maximum absolute atomic E-state index is 11.9. The molecule has 3 heteroatoms. The molecule has 1 N–H and O–H groups in total. The SMILES string of the molecule is O=C1NN=C(c2ccccc2)C1=CCc1ccccc1. The largest absolute Gasteiger partial charge is 0.273 e. The number of carbonyl (C=O) groups is 1. The maximum Gasteiger partial charge on any atom is 0.273 e. The number of amides is 1. The molecule has 0 fully saturated rings. The molecule has 0 radical (unpaired) electrons. The Kier molecular flexibility index (Phi) is 3.42. The Morgan fingerprint density at radius 1 is 0.950 bits per heavy atom. The Labute approximate surface area is 117 Å². The van der Waals surface area contributed by atoms with Gasteiger partial charge in [0.15, 0.2) is 0 Å². The molecule has 0 unspecified atom stereocenters. The summed E-state index contributed by atoms with van der Waals surface area (Å²) in [6, 6.07) is 19.8. The number of hydrazone groups is 1. The van der Waals surface area contributed by atoms with Crippen molar-refractivity contribution in [2.45, 2.75) is 6.42 Å². The van der Waals surface area contributed by atoms with Crippen LogP contribution in [0.25, 0.3) is 0 Å². The minimum absolute atomic E-state index is 0.139. The van der Waals surface area contributed by atoms with E-state index in [2.05, 4.69) is 10.5 Å². The number of rotatable bonds is 3. The third-order valence-electron chi connectivity index (χ3n) is 3.20. The van der Waals surface area contributed by atoms with Crippen LogP contribution in [-0.4, -0.2) is 11.6 Å². The minimum atomic E-state index is -0.139. The van der Waals surface area contributed by atoms with Crippen molar-refractivity contribution < 1.29 is 4.79 Å². The van der Waals surface area contributed by atoms with Crippen LogP contribution in [0.4, 0.5) is 0 Å². The summed E-state index contributed by atoms with van der Waals surface area (Å²) < 4.78 is 0. The second-order valence-electron chi connectivity index (χ2n) is 4.57. The molecule has 1 heterocycles. The van der Waals surface area contributed by atoms with E-state index < -0.39 is 0 Å². The van der Waals surface area contributed by atoms with Crippen molar-refractivity contribution in [3.8, 4) is 0 Å². The maximum atomic E-state index is 11.9. The molecule has 0 saturated heterocycles. The highest BCUT2D eigenvalue weighted by Gasteiger charge is 2.23. The summed E-state index contributed by atoms with van der Waals surface area (Å²) in [5.74, 6) is -0.139. The summed E-state index contributed by atoms with van der Waals surface area (Å²) in [5.41, 5.74) is 6.01. The summed E-state index contributed by atoms with van der Waals surface area (Å²) >= 11 is 0. The van der Waals surface area contributed by atoms with Crippen LogP contribution in [-0.2, 0) is 11.2 Å². The molecular formula is C17H14N2O. The zero-order chi connectivity index (χ0) is 13.8. The van der Waals surface area contributed by atoms with E-state index in [1.54, 1.807) is 0 Å². The van der Waals surface area contributed by atoms with Gasteiger partial charge in [-0.15, -0.1) is 0 Å². The number of carbonyl (C=O) groups excluding carboxylic acids is 1. The van der Waals surface area contributed by atoms with Gasteiger partial charge >= 0.3 is 0 Å².